The number of amides is 2. The number of anilines is 1. The lowest BCUT2D eigenvalue weighted by atomic mass is 10.1. The normalized spacial score (nSPS) is 10.7. The first-order chi connectivity index (χ1) is 15.0. The van der Waals surface area contributed by atoms with Crippen LogP contribution in [0, 0.1) is 6.92 Å². The van der Waals surface area contributed by atoms with E-state index in [-0.39, 0.29) is 24.1 Å². The van der Waals surface area contributed by atoms with Crippen molar-refractivity contribution in [3.63, 3.8) is 0 Å². The Morgan fingerprint density at radius 3 is 2.35 bits per heavy atom. The topological polar surface area (TPSA) is 88.9 Å². The van der Waals surface area contributed by atoms with Crippen molar-refractivity contribution in [3.05, 3.63) is 71.0 Å². The van der Waals surface area contributed by atoms with E-state index in [2.05, 4.69) is 27.8 Å². The van der Waals surface area contributed by atoms with Crippen LogP contribution in [-0.2, 0) is 24.3 Å². The highest BCUT2D eigenvalue weighted by molar-refractivity contribution is 7.99. The highest BCUT2D eigenvalue weighted by atomic mass is 32.2. The van der Waals surface area contributed by atoms with Crippen LogP contribution in [0.1, 0.15) is 41.2 Å². The molecule has 3 rings (SSSR count). The molecule has 0 aliphatic heterocycles. The molecule has 3 aromatic rings. The zero-order chi connectivity index (χ0) is 22.2. The number of benzene rings is 2. The van der Waals surface area contributed by atoms with Crippen molar-refractivity contribution in [1.82, 2.24) is 20.1 Å². The quantitative estimate of drug-likeness (QED) is 0.497. The van der Waals surface area contributed by atoms with Crippen LogP contribution in [-0.4, -0.2) is 32.3 Å². The number of carbonyl (C=O) groups is 2. The molecule has 0 aliphatic rings. The number of hydrogen-bond donors (Lipinski definition) is 2. The molecule has 0 bridgehead atoms. The first-order valence-electron chi connectivity index (χ1n) is 10.3. The van der Waals surface area contributed by atoms with Crippen LogP contribution < -0.4 is 10.6 Å². The Hall–Kier alpha value is -3.13. The Morgan fingerprint density at radius 1 is 1.00 bits per heavy atom. The lowest BCUT2D eigenvalue weighted by Gasteiger charge is -2.09. The van der Waals surface area contributed by atoms with Crippen molar-refractivity contribution in [2.75, 3.05) is 11.1 Å². The standard InChI is InChI=1S/C23H27N5O2S/c1-4-17-8-12-19(13-9-17)25-21(29)15-31-23-27-26-20(28(23)5-2)14-24-22(30)18-10-6-16(3)7-11-18/h6-13H,4-5,14-15H2,1-3H3,(H,24,30)(H,25,29). The summed E-state index contributed by atoms with van der Waals surface area (Å²) in [6, 6.07) is 15.2. The number of hydrogen-bond acceptors (Lipinski definition) is 5. The Morgan fingerprint density at radius 2 is 1.71 bits per heavy atom. The Kier molecular flexibility index (Phi) is 7.83. The molecule has 2 amide bonds. The molecule has 31 heavy (non-hydrogen) atoms. The predicted molar refractivity (Wildman–Crippen MR) is 123 cm³/mol. The van der Waals surface area contributed by atoms with Gasteiger partial charge in [-0.2, -0.15) is 0 Å². The van der Waals surface area contributed by atoms with Gasteiger partial charge in [0, 0.05) is 17.8 Å². The van der Waals surface area contributed by atoms with Gasteiger partial charge in [-0.25, -0.2) is 0 Å². The minimum absolute atomic E-state index is 0.103. The van der Waals surface area contributed by atoms with Gasteiger partial charge in [-0.1, -0.05) is 48.5 Å². The highest BCUT2D eigenvalue weighted by Gasteiger charge is 2.14. The number of thioether (sulfide) groups is 1. The van der Waals surface area contributed by atoms with Gasteiger partial charge in [0.25, 0.3) is 5.91 Å². The van der Waals surface area contributed by atoms with E-state index in [9.17, 15) is 9.59 Å². The van der Waals surface area contributed by atoms with Gasteiger partial charge in [-0.3, -0.25) is 9.59 Å². The van der Waals surface area contributed by atoms with E-state index in [1.165, 1.54) is 17.3 Å². The molecular weight excluding hydrogens is 410 g/mol. The summed E-state index contributed by atoms with van der Waals surface area (Å²) in [6.45, 7) is 6.96. The van der Waals surface area contributed by atoms with Gasteiger partial charge < -0.3 is 15.2 Å². The van der Waals surface area contributed by atoms with Gasteiger partial charge in [-0.15, -0.1) is 10.2 Å². The minimum Gasteiger partial charge on any atom is -0.345 e. The summed E-state index contributed by atoms with van der Waals surface area (Å²) in [5.74, 6) is 0.618. The van der Waals surface area contributed by atoms with Crippen LogP contribution in [0.4, 0.5) is 5.69 Å². The molecule has 0 radical (unpaired) electrons. The molecular formula is C23H27N5O2S. The fourth-order valence-electron chi connectivity index (χ4n) is 2.99. The molecule has 0 aliphatic carbocycles. The monoisotopic (exact) mass is 437 g/mol. The third kappa shape index (κ3) is 6.18. The van der Waals surface area contributed by atoms with Crippen molar-refractivity contribution >= 4 is 29.3 Å². The average molecular weight is 438 g/mol. The van der Waals surface area contributed by atoms with E-state index in [1.807, 2.05) is 54.8 Å². The van der Waals surface area contributed by atoms with Gasteiger partial charge >= 0.3 is 0 Å². The van der Waals surface area contributed by atoms with Crippen LogP contribution in [0.5, 0.6) is 0 Å². The first-order valence-corrected chi connectivity index (χ1v) is 11.3. The summed E-state index contributed by atoms with van der Waals surface area (Å²) >= 11 is 1.32. The molecule has 7 nitrogen and oxygen atoms in total. The van der Waals surface area contributed by atoms with E-state index in [0.29, 0.717) is 23.1 Å². The second-order valence-corrected chi connectivity index (χ2v) is 8.02. The van der Waals surface area contributed by atoms with Crippen LogP contribution >= 0.6 is 11.8 Å². The molecule has 1 aromatic heterocycles. The fourth-order valence-corrected chi connectivity index (χ4v) is 3.81. The molecule has 2 aromatic carbocycles. The molecule has 162 valence electrons. The summed E-state index contributed by atoms with van der Waals surface area (Å²) in [4.78, 5) is 24.6. The van der Waals surface area contributed by atoms with Crippen molar-refractivity contribution in [3.8, 4) is 0 Å². The molecule has 0 fully saturated rings. The maximum Gasteiger partial charge on any atom is 0.251 e. The van der Waals surface area contributed by atoms with E-state index in [4.69, 9.17) is 0 Å². The van der Waals surface area contributed by atoms with E-state index in [0.717, 1.165) is 17.7 Å². The molecule has 2 N–H and O–H groups in total. The lowest BCUT2D eigenvalue weighted by Crippen LogP contribution is -2.24. The SMILES string of the molecule is CCc1ccc(NC(=O)CSc2nnc(CNC(=O)c3ccc(C)cc3)n2CC)cc1. The second kappa shape index (κ2) is 10.8. The lowest BCUT2D eigenvalue weighted by molar-refractivity contribution is -0.113. The summed E-state index contributed by atoms with van der Waals surface area (Å²) in [7, 11) is 0. The number of rotatable bonds is 9. The van der Waals surface area contributed by atoms with Crippen LogP contribution in [0.25, 0.3) is 0 Å². The Labute approximate surface area is 186 Å². The summed E-state index contributed by atoms with van der Waals surface area (Å²) in [6.07, 6.45) is 0.963. The molecule has 0 atom stereocenters. The molecule has 0 saturated heterocycles. The van der Waals surface area contributed by atoms with E-state index < -0.39 is 0 Å². The van der Waals surface area contributed by atoms with Gasteiger partial charge in [-0.05, 0) is 50.1 Å². The molecule has 0 unspecified atom stereocenters. The minimum atomic E-state index is -0.159. The Balaban J connectivity index is 1.54. The summed E-state index contributed by atoms with van der Waals surface area (Å²) < 4.78 is 1.91. The van der Waals surface area contributed by atoms with Crippen molar-refractivity contribution < 1.29 is 9.59 Å². The first kappa shape index (κ1) is 22.6. The number of carbonyl (C=O) groups excluding carboxylic acids is 2. The van der Waals surface area contributed by atoms with E-state index >= 15 is 0 Å². The van der Waals surface area contributed by atoms with Crippen LogP contribution in [0.2, 0.25) is 0 Å². The maximum atomic E-state index is 12.3. The molecule has 0 saturated carbocycles. The number of nitrogens with zero attached hydrogens (tertiary/aromatic N) is 3. The number of aryl methyl sites for hydroxylation is 2. The summed E-state index contributed by atoms with van der Waals surface area (Å²) in [5.41, 5.74) is 3.71. The van der Waals surface area contributed by atoms with E-state index in [1.54, 1.807) is 12.1 Å². The number of nitrogens with one attached hydrogen (secondary N) is 2. The third-order valence-electron chi connectivity index (χ3n) is 4.81. The van der Waals surface area contributed by atoms with Crippen LogP contribution in [0.3, 0.4) is 0 Å². The van der Waals surface area contributed by atoms with Gasteiger partial charge in [0.1, 0.15) is 0 Å². The average Bonchev–Trinajstić information content (AvgIpc) is 3.18. The third-order valence-corrected chi connectivity index (χ3v) is 5.78. The zero-order valence-electron chi connectivity index (χ0n) is 18.0. The van der Waals surface area contributed by atoms with Crippen LogP contribution in [0.15, 0.2) is 53.7 Å². The smallest absolute Gasteiger partial charge is 0.251 e. The van der Waals surface area contributed by atoms with Crippen molar-refractivity contribution in [2.24, 2.45) is 0 Å². The Bertz CT molecular complexity index is 1030. The fraction of sp³-hybridized carbons (Fsp3) is 0.304. The highest BCUT2D eigenvalue weighted by Crippen LogP contribution is 2.18. The van der Waals surface area contributed by atoms with Gasteiger partial charge in [0.05, 0.1) is 12.3 Å². The summed E-state index contributed by atoms with van der Waals surface area (Å²) in [5, 5.41) is 14.8. The van der Waals surface area contributed by atoms with Crippen molar-refractivity contribution in [2.45, 2.75) is 45.4 Å². The van der Waals surface area contributed by atoms with Gasteiger partial charge in [0.2, 0.25) is 5.91 Å². The van der Waals surface area contributed by atoms with Gasteiger partial charge in [0.15, 0.2) is 11.0 Å². The second-order valence-electron chi connectivity index (χ2n) is 7.08. The number of aromatic nitrogens is 3. The van der Waals surface area contributed by atoms with Crippen molar-refractivity contribution in [1.29, 1.82) is 0 Å². The zero-order valence-corrected chi connectivity index (χ0v) is 18.8. The molecule has 1 heterocycles. The largest absolute Gasteiger partial charge is 0.345 e. The maximum absolute atomic E-state index is 12.3. The molecule has 8 heteroatoms. The molecule has 0 spiro atoms. The predicted octanol–water partition coefficient (Wildman–Crippen LogP) is 3.83.